The lowest BCUT2D eigenvalue weighted by atomic mass is 9.92. The summed E-state index contributed by atoms with van der Waals surface area (Å²) < 4.78 is 16.3. The van der Waals surface area contributed by atoms with Crippen LogP contribution in [0.4, 0.5) is 4.79 Å². The average Bonchev–Trinajstić information content (AvgIpc) is 3.38. The van der Waals surface area contributed by atoms with E-state index in [1.165, 1.54) is 0 Å². The number of aliphatic hydroxyl groups is 1. The molecule has 1 heterocycles. The van der Waals surface area contributed by atoms with Crippen LogP contribution < -0.4 is 14.8 Å². The van der Waals surface area contributed by atoms with Gasteiger partial charge < -0.3 is 29.6 Å². The monoisotopic (exact) mass is 666 g/mol. The molecule has 10 heteroatoms. The number of carbonyl (C=O) groups is 2. The van der Waals surface area contributed by atoms with Crippen LogP contribution in [-0.2, 0) is 16.0 Å². The van der Waals surface area contributed by atoms with E-state index in [-0.39, 0.29) is 38.1 Å². The summed E-state index contributed by atoms with van der Waals surface area (Å²) >= 11 is 12.3. The van der Waals surface area contributed by atoms with Crippen molar-refractivity contribution in [3.05, 3.63) is 106 Å². The quantitative estimate of drug-likeness (QED) is 0.0629. The number of aryl methyl sites for hydroxylation is 1. The van der Waals surface area contributed by atoms with Gasteiger partial charge >= 0.3 is 12.1 Å². The molecular formula is C36H40Cl2N2O6. The molecule has 0 radical (unpaired) electrons. The number of carbonyl (C=O) groups excluding carboxylic acids is 2. The molecule has 0 fully saturated rings. The lowest BCUT2D eigenvalue weighted by Gasteiger charge is -2.15. The molecule has 244 valence electrons. The molecule has 0 saturated heterocycles. The molecule has 1 unspecified atom stereocenters. The van der Waals surface area contributed by atoms with Crippen LogP contribution in [0.25, 0.3) is 10.9 Å². The van der Waals surface area contributed by atoms with Crippen LogP contribution >= 0.6 is 23.2 Å². The van der Waals surface area contributed by atoms with Crippen LogP contribution in [0.1, 0.15) is 62.3 Å². The maximum Gasteiger partial charge on any atom is 0.407 e. The highest BCUT2D eigenvalue weighted by Crippen LogP contribution is 2.34. The number of hydrogen-bond donors (Lipinski definition) is 3. The molecule has 0 aliphatic rings. The fourth-order valence-corrected chi connectivity index (χ4v) is 5.28. The van der Waals surface area contributed by atoms with Gasteiger partial charge in [-0.3, -0.25) is 4.79 Å². The van der Waals surface area contributed by atoms with Gasteiger partial charge in [0.1, 0.15) is 11.5 Å². The summed E-state index contributed by atoms with van der Waals surface area (Å²) in [5, 5.41) is 15.0. The van der Waals surface area contributed by atoms with Gasteiger partial charge in [-0.25, -0.2) is 4.79 Å². The highest BCUT2D eigenvalue weighted by atomic mass is 35.5. The van der Waals surface area contributed by atoms with E-state index in [2.05, 4.69) is 23.8 Å². The molecule has 3 aromatic carbocycles. The fraction of sp³-hybridized carbons (Fsp3) is 0.333. The molecule has 0 bridgehead atoms. The number of H-pyrrole nitrogens is 1. The fourth-order valence-electron chi connectivity index (χ4n) is 4.98. The Labute approximate surface area is 279 Å². The van der Waals surface area contributed by atoms with Crippen LogP contribution in [0.2, 0.25) is 10.0 Å². The van der Waals surface area contributed by atoms with Gasteiger partial charge in [0.25, 0.3) is 0 Å². The first-order chi connectivity index (χ1) is 22.1. The van der Waals surface area contributed by atoms with Gasteiger partial charge in [0.15, 0.2) is 0 Å². The summed E-state index contributed by atoms with van der Waals surface area (Å²) in [5.74, 6) is 0.874. The first-order valence-electron chi connectivity index (χ1n) is 15.3. The molecule has 1 aromatic heterocycles. The highest BCUT2D eigenvalue weighted by molar-refractivity contribution is 6.31. The minimum atomic E-state index is -0.763. The molecule has 0 saturated carbocycles. The molecular weight excluding hydrogens is 627 g/mol. The zero-order valence-corrected chi connectivity index (χ0v) is 27.6. The van der Waals surface area contributed by atoms with Gasteiger partial charge in [0.2, 0.25) is 0 Å². The second kappa shape index (κ2) is 17.1. The van der Waals surface area contributed by atoms with Crippen molar-refractivity contribution < 1.29 is 28.9 Å². The Bertz CT molecular complexity index is 1620. The molecule has 3 N–H and O–H groups in total. The Kier molecular flexibility index (Phi) is 13.0. The van der Waals surface area contributed by atoms with Crippen LogP contribution in [0.15, 0.2) is 78.9 Å². The first-order valence-corrected chi connectivity index (χ1v) is 16.1. The molecule has 4 rings (SSSR count). The minimum absolute atomic E-state index is 0.0271. The smallest absolute Gasteiger partial charge is 0.407 e. The van der Waals surface area contributed by atoms with E-state index in [0.29, 0.717) is 47.2 Å². The van der Waals surface area contributed by atoms with E-state index in [1.807, 2.05) is 49.4 Å². The van der Waals surface area contributed by atoms with Crippen LogP contribution in [0.5, 0.6) is 11.5 Å². The molecule has 8 nitrogen and oxygen atoms in total. The van der Waals surface area contributed by atoms with Crippen molar-refractivity contribution in [3.63, 3.8) is 0 Å². The third-order valence-electron chi connectivity index (χ3n) is 7.53. The number of ether oxygens (including phenoxy) is 3. The zero-order valence-electron chi connectivity index (χ0n) is 26.1. The molecule has 0 spiro atoms. The second-order valence-electron chi connectivity index (χ2n) is 11.3. The number of esters is 1. The predicted octanol–water partition coefficient (Wildman–Crippen LogP) is 8.38. The molecule has 1 amide bonds. The third kappa shape index (κ3) is 10.5. The number of benzene rings is 3. The number of alkyl carbamates (subject to hydrolysis) is 1. The van der Waals surface area contributed by atoms with Crippen molar-refractivity contribution in [1.29, 1.82) is 0 Å². The van der Waals surface area contributed by atoms with Gasteiger partial charge in [-0.15, -0.1) is 6.58 Å². The highest BCUT2D eigenvalue weighted by Gasteiger charge is 2.19. The summed E-state index contributed by atoms with van der Waals surface area (Å²) in [5.41, 5.74) is 5.18. The number of aromatic nitrogens is 1. The lowest BCUT2D eigenvalue weighted by molar-refractivity contribution is -0.134. The van der Waals surface area contributed by atoms with Crippen molar-refractivity contribution in [2.45, 2.75) is 58.0 Å². The summed E-state index contributed by atoms with van der Waals surface area (Å²) in [4.78, 5) is 27.8. The van der Waals surface area contributed by atoms with Gasteiger partial charge in [-0.05, 0) is 85.5 Å². The van der Waals surface area contributed by atoms with E-state index in [4.69, 9.17) is 37.4 Å². The second-order valence-corrected chi connectivity index (χ2v) is 12.2. The number of rotatable bonds is 16. The van der Waals surface area contributed by atoms with Crippen molar-refractivity contribution in [3.8, 4) is 11.5 Å². The summed E-state index contributed by atoms with van der Waals surface area (Å²) in [6, 6.07) is 20.4. The normalized spacial score (nSPS) is 12.4. The first kappa shape index (κ1) is 34.9. The SMILES string of the molecule is C=C(C)CCOC(=O)NCC(O)CCOc1ccc([C@H](C)c2[nH]c3ccc(Cl)cc3c2CCCC(=O)Oc2ccc(Cl)cc2)cc1. The van der Waals surface area contributed by atoms with Crippen molar-refractivity contribution >= 4 is 46.2 Å². The third-order valence-corrected chi connectivity index (χ3v) is 8.02. The van der Waals surface area contributed by atoms with Crippen molar-refractivity contribution in [1.82, 2.24) is 10.3 Å². The number of amides is 1. The van der Waals surface area contributed by atoms with Crippen molar-refractivity contribution in [2.24, 2.45) is 0 Å². The molecule has 0 aliphatic carbocycles. The zero-order chi connectivity index (χ0) is 33.1. The maximum absolute atomic E-state index is 12.5. The van der Waals surface area contributed by atoms with Crippen LogP contribution in [0, 0.1) is 0 Å². The number of nitrogens with one attached hydrogen (secondary N) is 2. The Balaban J connectivity index is 1.31. The lowest BCUT2D eigenvalue weighted by Crippen LogP contribution is -2.33. The summed E-state index contributed by atoms with van der Waals surface area (Å²) in [7, 11) is 0. The minimum Gasteiger partial charge on any atom is -0.493 e. The number of fused-ring (bicyclic) bond motifs is 1. The Morgan fingerprint density at radius 3 is 2.37 bits per heavy atom. The average molecular weight is 668 g/mol. The number of hydrogen-bond acceptors (Lipinski definition) is 6. The van der Waals surface area contributed by atoms with Gasteiger partial charge in [-0.2, -0.15) is 0 Å². The standard InChI is InChI=1S/C36H40Cl2N2O6/c1-23(2)17-19-45-36(43)39-22-28(41)18-20-44-29-12-7-25(8-13-29)24(3)35-31(32-21-27(38)11-16-33(32)40-35)5-4-6-34(42)46-30-14-9-26(37)10-15-30/h7-16,21,24,28,40-41H,1,4-6,17-20,22H2,2-3H3,(H,39,43)/t24-,28?/m0/s1. The van der Waals surface area contributed by atoms with Gasteiger partial charge in [-0.1, -0.05) is 47.8 Å². The number of aromatic amines is 1. The Hall–Kier alpha value is -3.98. The van der Waals surface area contributed by atoms with E-state index in [0.717, 1.165) is 33.3 Å². The van der Waals surface area contributed by atoms with E-state index in [9.17, 15) is 14.7 Å². The van der Waals surface area contributed by atoms with E-state index < -0.39 is 12.2 Å². The van der Waals surface area contributed by atoms with Gasteiger partial charge in [0.05, 0.1) is 19.3 Å². The Morgan fingerprint density at radius 1 is 0.957 bits per heavy atom. The topological polar surface area (TPSA) is 110 Å². The molecule has 46 heavy (non-hydrogen) atoms. The van der Waals surface area contributed by atoms with Crippen LogP contribution in [-0.4, -0.2) is 48.0 Å². The number of halogens is 2. The molecule has 0 aliphatic heterocycles. The van der Waals surface area contributed by atoms with Gasteiger partial charge in [0, 0.05) is 58.4 Å². The summed E-state index contributed by atoms with van der Waals surface area (Å²) in [6.45, 7) is 8.39. The largest absolute Gasteiger partial charge is 0.493 e. The van der Waals surface area contributed by atoms with E-state index in [1.54, 1.807) is 24.3 Å². The maximum atomic E-state index is 12.5. The summed E-state index contributed by atoms with van der Waals surface area (Å²) in [6.07, 6.45) is 1.16. The molecule has 2 atom stereocenters. The predicted molar refractivity (Wildman–Crippen MR) is 182 cm³/mol. The Morgan fingerprint density at radius 2 is 1.65 bits per heavy atom. The molecule has 4 aromatic rings. The van der Waals surface area contributed by atoms with Crippen LogP contribution in [0.3, 0.4) is 0 Å². The number of aliphatic hydroxyl groups excluding tert-OH is 1. The van der Waals surface area contributed by atoms with E-state index >= 15 is 0 Å². The van der Waals surface area contributed by atoms with Crippen molar-refractivity contribution in [2.75, 3.05) is 19.8 Å².